The second-order valence-electron chi connectivity index (χ2n) is 6.26. The normalized spacial score (nSPS) is 13.3. The summed E-state index contributed by atoms with van der Waals surface area (Å²) in [5.74, 6) is 1.21. The number of anilines is 2. The minimum absolute atomic E-state index is 0.0793. The van der Waals surface area contributed by atoms with Crippen LogP contribution >= 0.6 is 0 Å². The van der Waals surface area contributed by atoms with Crippen LogP contribution < -0.4 is 30.6 Å². The molecular weight excluding hydrogens is 382 g/mol. The van der Waals surface area contributed by atoms with E-state index in [4.69, 9.17) is 14.6 Å². The van der Waals surface area contributed by atoms with Gasteiger partial charge in [0.15, 0.2) is 11.5 Å². The predicted molar refractivity (Wildman–Crippen MR) is 106 cm³/mol. The van der Waals surface area contributed by atoms with Gasteiger partial charge in [0.1, 0.15) is 0 Å². The number of sulfonamides is 1. The van der Waals surface area contributed by atoms with Crippen molar-refractivity contribution in [2.24, 2.45) is 5.14 Å². The summed E-state index contributed by atoms with van der Waals surface area (Å²) in [5.41, 5.74) is 9.58. The van der Waals surface area contributed by atoms with Gasteiger partial charge >= 0.3 is 0 Å². The maximum atomic E-state index is 11.4. The fraction of sp³-hybridized carbons (Fsp3) is 0.167. The van der Waals surface area contributed by atoms with E-state index in [-0.39, 0.29) is 4.90 Å². The molecule has 0 saturated carbocycles. The van der Waals surface area contributed by atoms with E-state index in [0.717, 1.165) is 27.8 Å². The molecule has 2 heterocycles. The van der Waals surface area contributed by atoms with Crippen molar-refractivity contribution in [3.63, 3.8) is 0 Å². The van der Waals surface area contributed by atoms with E-state index < -0.39 is 10.0 Å². The van der Waals surface area contributed by atoms with Crippen molar-refractivity contribution in [1.29, 1.82) is 0 Å². The zero-order valence-electron chi connectivity index (χ0n) is 15.3. The number of methoxy groups -OCH3 is 2. The van der Waals surface area contributed by atoms with E-state index in [9.17, 15) is 8.42 Å². The first-order chi connectivity index (χ1) is 13.4. The van der Waals surface area contributed by atoms with Crippen LogP contribution in [0.2, 0.25) is 0 Å². The topological polar surface area (TPSA) is 119 Å². The summed E-state index contributed by atoms with van der Waals surface area (Å²) in [6.45, 7) is 0.484. The van der Waals surface area contributed by atoms with E-state index in [1.165, 1.54) is 12.1 Å². The highest BCUT2D eigenvalue weighted by Crippen LogP contribution is 2.41. The van der Waals surface area contributed by atoms with Gasteiger partial charge in [-0.1, -0.05) is 12.1 Å². The van der Waals surface area contributed by atoms with Crippen molar-refractivity contribution < 1.29 is 17.9 Å². The van der Waals surface area contributed by atoms with Gasteiger partial charge in [-0.05, 0) is 23.8 Å². The molecule has 2 aromatic carbocycles. The molecule has 1 aliphatic heterocycles. The lowest BCUT2D eigenvalue weighted by molar-refractivity contribution is 0.356. The molecule has 0 fully saturated rings. The third-order valence-electron chi connectivity index (χ3n) is 4.53. The Morgan fingerprint density at radius 2 is 1.79 bits per heavy atom. The molecule has 4 rings (SSSR count). The smallest absolute Gasteiger partial charge is 0.238 e. The number of nitrogens with zero attached hydrogens (tertiary/aromatic N) is 2. The van der Waals surface area contributed by atoms with Crippen molar-refractivity contribution in [2.75, 3.05) is 24.7 Å². The molecule has 10 heteroatoms. The minimum atomic E-state index is -3.71. The van der Waals surface area contributed by atoms with Gasteiger partial charge in [0.05, 0.1) is 48.7 Å². The molecule has 1 aliphatic rings. The number of hydrazine groups is 2. The number of nitrogens with two attached hydrogens (primary N) is 1. The zero-order chi connectivity index (χ0) is 19.9. The number of rotatable bonds is 5. The highest BCUT2D eigenvalue weighted by Gasteiger charge is 2.23. The summed E-state index contributed by atoms with van der Waals surface area (Å²) >= 11 is 0. The quantitative estimate of drug-likeness (QED) is 0.592. The summed E-state index contributed by atoms with van der Waals surface area (Å²) in [6.07, 6.45) is 1.74. The number of hydrogen-bond acceptors (Lipinski definition) is 8. The molecule has 9 nitrogen and oxygen atoms in total. The Morgan fingerprint density at radius 1 is 1.11 bits per heavy atom. The molecule has 0 radical (unpaired) electrons. The van der Waals surface area contributed by atoms with Crippen LogP contribution in [0.3, 0.4) is 0 Å². The molecule has 0 spiro atoms. The van der Waals surface area contributed by atoms with E-state index >= 15 is 0 Å². The van der Waals surface area contributed by atoms with Gasteiger partial charge in [-0.3, -0.25) is 9.99 Å². The second-order valence-corrected chi connectivity index (χ2v) is 7.82. The maximum absolute atomic E-state index is 11.4. The first kappa shape index (κ1) is 18.3. The second kappa shape index (κ2) is 6.82. The summed E-state index contributed by atoms with van der Waals surface area (Å²) in [7, 11) is -0.548. The molecule has 1 aromatic heterocycles. The van der Waals surface area contributed by atoms with E-state index in [1.807, 2.05) is 17.1 Å². The molecule has 0 amide bonds. The molecule has 0 saturated heterocycles. The third-order valence-corrected chi connectivity index (χ3v) is 5.46. The highest BCUT2D eigenvalue weighted by molar-refractivity contribution is 7.89. The van der Waals surface area contributed by atoms with Gasteiger partial charge in [-0.15, -0.1) is 5.53 Å². The van der Waals surface area contributed by atoms with Gasteiger partial charge in [0, 0.05) is 11.5 Å². The van der Waals surface area contributed by atoms with Crippen molar-refractivity contribution in [2.45, 2.75) is 11.4 Å². The van der Waals surface area contributed by atoms with E-state index in [2.05, 4.69) is 15.9 Å². The van der Waals surface area contributed by atoms with Gasteiger partial charge in [-0.25, -0.2) is 13.6 Å². The standard InChI is InChI=1S/C18H19N5O4S/c1-26-16-7-13-14(8-17(16)27-2)20-9-15-18(13)23(22-21-15)10-11-3-5-12(6-4-11)28(19,24)25/h3-9,21-22H,10H2,1-2H3,(H2,19,24,25). The fourth-order valence-electron chi connectivity index (χ4n) is 3.16. The molecule has 28 heavy (non-hydrogen) atoms. The number of aromatic nitrogens is 1. The van der Waals surface area contributed by atoms with Gasteiger partial charge in [-0.2, -0.15) is 0 Å². The fourth-order valence-corrected chi connectivity index (χ4v) is 3.67. The van der Waals surface area contributed by atoms with Crippen molar-refractivity contribution in [1.82, 2.24) is 10.5 Å². The average Bonchev–Trinajstić information content (AvgIpc) is 3.09. The Hall–Kier alpha value is -3.08. The van der Waals surface area contributed by atoms with Gasteiger partial charge in [0.25, 0.3) is 0 Å². The molecule has 146 valence electrons. The Morgan fingerprint density at radius 3 is 2.43 bits per heavy atom. The number of pyridine rings is 1. The van der Waals surface area contributed by atoms with E-state index in [1.54, 1.807) is 32.5 Å². The van der Waals surface area contributed by atoms with Crippen LogP contribution in [0, 0.1) is 0 Å². The number of nitrogens with one attached hydrogen (secondary N) is 2. The Bertz CT molecular complexity index is 1150. The average molecular weight is 401 g/mol. The molecule has 3 aromatic rings. The van der Waals surface area contributed by atoms with Gasteiger partial charge in [0.2, 0.25) is 10.0 Å². The molecule has 4 N–H and O–H groups in total. The molecule has 0 atom stereocenters. The lowest BCUT2D eigenvalue weighted by Crippen LogP contribution is -2.35. The summed E-state index contributed by atoms with van der Waals surface area (Å²) in [6, 6.07) is 10.2. The van der Waals surface area contributed by atoms with E-state index in [0.29, 0.717) is 18.0 Å². The van der Waals surface area contributed by atoms with Crippen LogP contribution in [0.15, 0.2) is 47.5 Å². The van der Waals surface area contributed by atoms with Crippen LogP contribution in [0.5, 0.6) is 11.5 Å². The number of hydrogen-bond donors (Lipinski definition) is 3. The lowest BCUT2D eigenvalue weighted by atomic mass is 10.1. The first-order valence-corrected chi connectivity index (χ1v) is 9.91. The molecule has 0 aliphatic carbocycles. The number of benzene rings is 2. The minimum Gasteiger partial charge on any atom is -0.493 e. The van der Waals surface area contributed by atoms with Crippen LogP contribution in [0.4, 0.5) is 11.4 Å². The zero-order valence-corrected chi connectivity index (χ0v) is 16.1. The Balaban J connectivity index is 1.72. The number of ether oxygens (including phenoxy) is 2. The van der Waals surface area contributed by atoms with Crippen molar-refractivity contribution in [3.8, 4) is 11.5 Å². The number of fused-ring (bicyclic) bond motifs is 3. The molecule has 0 bridgehead atoms. The first-order valence-electron chi connectivity index (χ1n) is 8.36. The number of primary sulfonamides is 1. The monoisotopic (exact) mass is 401 g/mol. The summed E-state index contributed by atoms with van der Waals surface area (Å²) in [5, 5.41) is 7.95. The summed E-state index contributed by atoms with van der Waals surface area (Å²) in [4.78, 5) is 4.55. The maximum Gasteiger partial charge on any atom is 0.238 e. The Kier molecular flexibility index (Phi) is 4.46. The SMILES string of the molecule is COc1cc2ncc3c(c2cc1OC)N(Cc1ccc(S(N)(=O)=O)cc1)NN3. The summed E-state index contributed by atoms with van der Waals surface area (Å²) < 4.78 is 33.6. The highest BCUT2D eigenvalue weighted by atomic mass is 32.2. The van der Waals surface area contributed by atoms with Crippen LogP contribution in [-0.2, 0) is 16.6 Å². The predicted octanol–water partition coefficient (Wildman–Crippen LogP) is 1.75. The molecule has 0 unspecified atom stereocenters. The van der Waals surface area contributed by atoms with Crippen molar-refractivity contribution in [3.05, 3.63) is 48.2 Å². The van der Waals surface area contributed by atoms with Gasteiger partial charge < -0.3 is 14.9 Å². The van der Waals surface area contributed by atoms with Crippen molar-refractivity contribution >= 4 is 32.3 Å². The van der Waals surface area contributed by atoms with Crippen LogP contribution in [-0.4, -0.2) is 27.6 Å². The Labute approximate surface area is 162 Å². The largest absolute Gasteiger partial charge is 0.493 e. The van der Waals surface area contributed by atoms with Crippen LogP contribution in [0.1, 0.15) is 5.56 Å². The van der Waals surface area contributed by atoms with Crippen LogP contribution in [0.25, 0.3) is 10.9 Å². The molecular formula is C18H19N5O4S. The lowest BCUT2D eigenvalue weighted by Gasteiger charge is -2.20. The third kappa shape index (κ3) is 3.17.